The number of carbonyl (C=O) groups excluding carboxylic acids is 1. The number of hydrogen-bond donors (Lipinski definition) is 2. The molecule has 0 spiro atoms. The minimum absolute atomic E-state index is 0.0992. The molecule has 5 heterocycles. The van der Waals surface area contributed by atoms with Crippen molar-refractivity contribution in [1.82, 2.24) is 49.5 Å². The molecule has 2 unspecified atom stereocenters. The number of nitrogens with two attached hydrogens (primary N) is 1. The number of primary amides is 1. The summed E-state index contributed by atoms with van der Waals surface area (Å²) < 4.78 is 5.34. The fraction of sp³-hybridized carbons (Fsp3) is 0.304. The molecule has 1 saturated carbocycles. The van der Waals surface area contributed by atoms with Gasteiger partial charge in [-0.15, -0.1) is 5.10 Å². The Bertz CT molecular complexity index is 1490. The van der Waals surface area contributed by atoms with Gasteiger partial charge in [0.05, 0.1) is 25.5 Å². The van der Waals surface area contributed by atoms with Crippen LogP contribution in [0.2, 0.25) is 0 Å². The number of anilines is 1. The van der Waals surface area contributed by atoms with Crippen LogP contribution in [0, 0.1) is 5.92 Å². The molecular formula is C23H24N12O. The van der Waals surface area contributed by atoms with Crippen LogP contribution in [-0.2, 0) is 17.9 Å². The van der Waals surface area contributed by atoms with E-state index in [-0.39, 0.29) is 17.9 Å². The van der Waals surface area contributed by atoms with Crippen LogP contribution in [-0.4, -0.2) is 61.5 Å². The lowest BCUT2D eigenvalue weighted by Crippen LogP contribution is -2.23. The summed E-state index contributed by atoms with van der Waals surface area (Å²) in [5, 5.41) is 20.3. The molecule has 0 saturated heterocycles. The lowest BCUT2D eigenvalue weighted by molar-refractivity contribution is -0.121. The number of nitrogens with one attached hydrogen (secondary N) is 1. The first-order chi connectivity index (χ1) is 17.6. The Morgan fingerprint density at radius 2 is 1.97 bits per heavy atom. The van der Waals surface area contributed by atoms with E-state index in [9.17, 15) is 4.79 Å². The van der Waals surface area contributed by atoms with E-state index in [2.05, 4.69) is 40.8 Å². The highest BCUT2D eigenvalue weighted by molar-refractivity contribution is 5.77. The molecule has 0 aromatic carbocycles. The van der Waals surface area contributed by atoms with Crippen molar-refractivity contribution in [2.75, 3.05) is 5.32 Å². The van der Waals surface area contributed by atoms with Crippen LogP contribution in [0.1, 0.15) is 19.3 Å². The Morgan fingerprint density at radius 3 is 2.75 bits per heavy atom. The molecule has 5 aromatic rings. The van der Waals surface area contributed by atoms with Crippen LogP contribution < -0.4 is 11.1 Å². The number of rotatable bonds is 8. The van der Waals surface area contributed by atoms with Crippen molar-refractivity contribution in [3.63, 3.8) is 0 Å². The second-order valence-corrected chi connectivity index (χ2v) is 8.82. The molecule has 182 valence electrons. The predicted octanol–water partition coefficient (Wildman–Crippen LogP) is 1.43. The lowest BCUT2D eigenvalue weighted by atomic mass is 10.1. The highest BCUT2D eigenvalue weighted by Gasteiger charge is 2.29. The zero-order valence-electron chi connectivity index (χ0n) is 19.3. The Kier molecular flexibility index (Phi) is 5.56. The summed E-state index contributed by atoms with van der Waals surface area (Å²) in [6, 6.07) is 5.84. The standard InChI is InChI=1S/C23H24N12O/c24-21(36)15-2-4-18(10-15)29-23-26-13-19-22(30-23)35(32-31-19)20-5-3-16(11-25-20)17-12-28-34(14-17)9-8-33-7-1-6-27-33/h1,3,5-7,11-15,18H,2,4,8-10H2,(H2,24,36)(H,26,29,30). The average Bonchev–Trinajstić information content (AvgIpc) is 3.70. The number of amides is 1. The van der Waals surface area contributed by atoms with Gasteiger partial charge in [0.2, 0.25) is 11.9 Å². The van der Waals surface area contributed by atoms with E-state index in [1.54, 1.807) is 23.3 Å². The first kappa shape index (κ1) is 21.8. The first-order valence-electron chi connectivity index (χ1n) is 11.7. The summed E-state index contributed by atoms with van der Waals surface area (Å²) in [7, 11) is 0. The quantitative estimate of drug-likeness (QED) is 0.332. The van der Waals surface area contributed by atoms with Crippen molar-refractivity contribution in [1.29, 1.82) is 0 Å². The van der Waals surface area contributed by atoms with Crippen LogP contribution in [0.4, 0.5) is 5.95 Å². The van der Waals surface area contributed by atoms with E-state index in [0.29, 0.717) is 29.4 Å². The zero-order valence-corrected chi connectivity index (χ0v) is 19.3. The van der Waals surface area contributed by atoms with Crippen molar-refractivity contribution >= 4 is 23.0 Å². The second-order valence-electron chi connectivity index (χ2n) is 8.82. The van der Waals surface area contributed by atoms with Gasteiger partial charge in [-0.3, -0.25) is 14.2 Å². The molecular weight excluding hydrogens is 460 g/mol. The van der Waals surface area contributed by atoms with Crippen LogP contribution in [0.15, 0.2) is 55.4 Å². The van der Waals surface area contributed by atoms with E-state index in [0.717, 1.165) is 37.1 Å². The molecule has 13 nitrogen and oxygen atoms in total. The summed E-state index contributed by atoms with van der Waals surface area (Å²) >= 11 is 0. The molecule has 1 aliphatic carbocycles. The van der Waals surface area contributed by atoms with E-state index >= 15 is 0 Å². The number of aryl methyl sites for hydroxylation is 2. The zero-order chi connectivity index (χ0) is 24.5. The molecule has 5 aromatic heterocycles. The van der Waals surface area contributed by atoms with Gasteiger partial charge in [0.15, 0.2) is 17.0 Å². The van der Waals surface area contributed by atoms with Gasteiger partial charge >= 0.3 is 0 Å². The summed E-state index contributed by atoms with van der Waals surface area (Å²) in [5.74, 6) is 0.686. The average molecular weight is 485 g/mol. The Morgan fingerprint density at radius 1 is 1.06 bits per heavy atom. The maximum Gasteiger partial charge on any atom is 0.225 e. The highest BCUT2D eigenvalue weighted by atomic mass is 16.1. The van der Waals surface area contributed by atoms with Gasteiger partial charge in [-0.25, -0.2) is 9.97 Å². The molecule has 1 aliphatic rings. The van der Waals surface area contributed by atoms with Crippen molar-refractivity contribution in [3.8, 4) is 16.9 Å². The van der Waals surface area contributed by atoms with E-state index in [4.69, 9.17) is 5.73 Å². The predicted molar refractivity (Wildman–Crippen MR) is 130 cm³/mol. The van der Waals surface area contributed by atoms with Crippen molar-refractivity contribution in [2.45, 2.75) is 38.4 Å². The Labute approximate surface area is 205 Å². The monoisotopic (exact) mass is 484 g/mol. The maximum absolute atomic E-state index is 11.5. The molecule has 1 fully saturated rings. The topological polar surface area (TPSA) is 160 Å². The summed E-state index contributed by atoms with van der Waals surface area (Å²) in [5.41, 5.74) is 8.46. The molecule has 6 rings (SSSR count). The number of nitrogens with zero attached hydrogens (tertiary/aromatic N) is 10. The molecule has 0 bridgehead atoms. The number of carbonyl (C=O) groups is 1. The molecule has 0 aliphatic heterocycles. The van der Waals surface area contributed by atoms with Gasteiger partial charge in [-0.1, -0.05) is 5.21 Å². The smallest absolute Gasteiger partial charge is 0.225 e. The van der Waals surface area contributed by atoms with Gasteiger partial charge in [0.1, 0.15) is 0 Å². The first-order valence-corrected chi connectivity index (χ1v) is 11.7. The Hall–Kier alpha value is -4.68. The van der Waals surface area contributed by atoms with Crippen LogP contribution in [0.3, 0.4) is 0 Å². The Balaban J connectivity index is 1.17. The molecule has 2 atom stereocenters. The number of pyridine rings is 1. The van der Waals surface area contributed by atoms with E-state index in [1.165, 1.54) is 0 Å². The highest BCUT2D eigenvalue weighted by Crippen LogP contribution is 2.27. The minimum Gasteiger partial charge on any atom is -0.369 e. The van der Waals surface area contributed by atoms with Gasteiger partial charge in [-0.05, 0) is 37.5 Å². The van der Waals surface area contributed by atoms with Crippen LogP contribution in [0.25, 0.3) is 28.1 Å². The molecule has 3 N–H and O–H groups in total. The summed E-state index contributed by atoms with van der Waals surface area (Å²) in [6.45, 7) is 1.47. The summed E-state index contributed by atoms with van der Waals surface area (Å²) in [4.78, 5) is 25.0. The van der Waals surface area contributed by atoms with Crippen LogP contribution in [0.5, 0.6) is 0 Å². The normalized spacial score (nSPS) is 17.6. The second kappa shape index (κ2) is 9.17. The third kappa shape index (κ3) is 4.37. The van der Waals surface area contributed by atoms with Crippen molar-refractivity contribution < 1.29 is 4.79 Å². The van der Waals surface area contributed by atoms with Crippen LogP contribution >= 0.6 is 0 Å². The van der Waals surface area contributed by atoms with Gasteiger partial charge in [0, 0.05) is 47.9 Å². The van der Waals surface area contributed by atoms with Crippen molar-refractivity contribution in [3.05, 3.63) is 55.4 Å². The maximum atomic E-state index is 11.5. The summed E-state index contributed by atoms with van der Waals surface area (Å²) in [6.07, 6.45) is 13.2. The van der Waals surface area contributed by atoms with E-state index in [1.807, 2.05) is 46.2 Å². The molecule has 0 radical (unpaired) electrons. The van der Waals surface area contributed by atoms with Gasteiger partial charge < -0.3 is 11.1 Å². The SMILES string of the molecule is NC(=O)C1CCC(Nc2ncc3nnn(-c4ccc(-c5cnn(CCn6cccn6)c5)cn4)c3n2)C1. The fourth-order valence-electron chi connectivity index (χ4n) is 4.46. The lowest BCUT2D eigenvalue weighted by Gasteiger charge is -2.12. The third-order valence-electron chi connectivity index (χ3n) is 6.41. The molecule has 36 heavy (non-hydrogen) atoms. The minimum atomic E-state index is -0.256. The number of aromatic nitrogens is 10. The van der Waals surface area contributed by atoms with Gasteiger partial charge in [-0.2, -0.15) is 19.9 Å². The number of hydrogen-bond acceptors (Lipinski definition) is 9. The van der Waals surface area contributed by atoms with Crippen molar-refractivity contribution in [2.24, 2.45) is 11.7 Å². The molecule has 1 amide bonds. The largest absolute Gasteiger partial charge is 0.369 e. The fourth-order valence-corrected chi connectivity index (χ4v) is 4.46. The number of fused-ring (bicyclic) bond motifs is 1. The molecule has 13 heteroatoms. The third-order valence-corrected chi connectivity index (χ3v) is 6.41. The van der Waals surface area contributed by atoms with E-state index < -0.39 is 0 Å². The van der Waals surface area contributed by atoms with Gasteiger partial charge in [0.25, 0.3) is 0 Å².